The zero-order valence-corrected chi connectivity index (χ0v) is 21.9. The molecule has 0 unspecified atom stereocenters. The fraction of sp³-hybridized carbons (Fsp3) is 0.154. The van der Waals surface area contributed by atoms with Crippen LogP contribution in [0.4, 0.5) is 11.6 Å². The third-order valence-corrected chi connectivity index (χ3v) is 6.59. The van der Waals surface area contributed by atoms with Crippen LogP contribution < -0.4 is 21.3 Å². The minimum Gasteiger partial charge on any atom is -0.488 e. The third-order valence-electron chi connectivity index (χ3n) is 5.28. The van der Waals surface area contributed by atoms with Gasteiger partial charge in [0.2, 0.25) is 11.1 Å². The van der Waals surface area contributed by atoms with E-state index in [1.54, 1.807) is 6.21 Å². The van der Waals surface area contributed by atoms with Crippen molar-refractivity contribution in [2.24, 2.45) is 5.10 Å². The largest absolute Gasteiger partial charge is 0.488 e. The Morgan fingerprint density at radius 3 is 2.73 bits per heavy atom. The summed E-state index contributed by atoms with van der Waals surface area (Å²) >= 11 is 7.39. The number of aryl methyl sites for hydroxylation is 2. The summed E-state index contributed by atoms with van der Waals surface area (Å²) in [6.07, 6.45) is 1.60. The van der Waals surface area contributed by atoms with Crippen molar-refractivity contribution in [1.29, 1.82) is 0 Å². The van der Waals surface area contributed by atoms with E-state index in [2.05, 4.69) is 26.0 Å². The van der Waals surface area contributed by atoms with Crippen molar-refractivity contribution >= 4 is 47.1 Å². The smallest absolute Gasteiger partial charge is 0.264 e. The molecular weight excluding hydrogens is 510 g/mol. The zero-order chi connectivity index (χ0) is 26.2. The van der Waals surface area contributed by atoms with E-state index >= 15 is 0 Å². The number of nitrogens with two attached hydrogens (primary N) is 1. The van der Waals surface area contributed by atoms with Gasteiger partial charge in [0.25, 0.3) is 5.95 Å². The fourth-order valence-electron chi connectivity index (χ4n) is 3.37. The second kappa shape index (κ2) is 12.3. The van der Waals surface area contributed by atoms with E-state index in [0.29, 0.717) is 22.5 Å². The number of hydrogen-bond donors (Lipinski definition) is 3. The van der Waals surface area contributed by atoms with Gasteiger partial charge in [-0.15, -0.1) is 10.2 Å². The molecule has 0 bridgehead atoms. The monoisotopic (exact) mass is 535 g/mol. The van der Waals surface area contributed by atoms with Crippen LogP contribution in [0.3, 0.4) is 0 Å². The number of rotatable bonds is 10. The highest BCUT2D eigenvalue weighted by atomic mass is 35.5. The summed E-state index contributed by atoms with van der Waals surface area (Å²) in [6, 6.07) is 20.9. The second-order valence-corrected chi connectivity index (χ2v) is 9.47. The summed E-state index contributed by atoms with van der Waals surface area (Å²) in [6.45, 7) is 4.29. The number of halogens is 1. The van der Waals surface area contributed by atoms with Crippen LogP contribution in [-0.2, 0) is 11.4 Å². The number of carbonyl (C=O) groups is 1. The van der Waals surface area contributed by atoms with Crippen molar-refractivity contribution in [3.05, 3.63) is 94.0 Å². The maximum absolute atomic E-state index is 12.4. The van der Waals surface area contributed by atoms with Gasteiger partial charge >= 0.3 is 0 Å². The van der Waals surface area contributed by atoms with E-state index in [0.717, 1.165) is 27.9 Å². The van der Waals surface area contributed by atoms with Crippen molar-refractivity contribution in [1.82, 2.24) is 14.9 Å². The topological polar surface area (TPSA) is 119 Å². The van der Waals surface area contributed by atoms with Crippen LogP contribution in [0.15, 0.2) is 77.0 Å². The van der Waals surface area contributed by atoms with Gasteiger partial charge < -0.3 is 15.9 Å². The van der Waals surface area contributed by atoms with E-state index in [-0.39, 0.29) is 17.6 Å². The Morgan fingerprint density at radius 1 is 1.14 bits per heavy atom. The molecule has 0 saturated heterocycles. The quantitative estimate of drug-likeness (QED) is 0.113. The Hall–Kier alpha value is -4.02. The van der Waals surface area contributed by atoms with Gasteiger partial charge in [-0.25, -0.2) is 10.1 Å². The fourth-order valence-corrected chi connectivity index (χ4v) is 4.22. The Balaban J connectivity index is 1.32. The maximum atomic E-state index is 12.4. The average molecular weight is 536 g/mol. The predicted molar refractivity (Wildman–Crippen MR) is 149 cm³/mol. The van der Waals surface area contributed by atoms with Gasteiger partial charge in [-0.3, -0.25) is 4.79 Å². The molecule has 0 spiro atoms. The highest BCUT2D eigenvalue weighted by Crippen LogP contribution is 2.22. The molecule has 4 rings (SSSR count). The summed E-state index contributed by atoms with van der Waals surface area (Å²) in [7, 11) is 0. The lowest BCUT2D eigenvalue weighted by atomic mass is 10.1. The molecule has 1 aromatic heterocycles. The molecule has 0 aliphatic heterocycles. The molecule has 4 aromatic rings. The Labute approximate surface area is 224 Å². The van der Waals surface area contributed by atoms with Crippen LogP contribution in [-0.4, -0.2) is 32.7 Å². The van der Waals surface area contributed by atoms with Crippen LogP contribution in [0.1, 0.15) is 22.3 Å². The lowest BCUT2D eigenvalue weighted by Crippen LogP contribution is -2.17. The molecule has 0 saturated carbocycles. The molecule has 0 fully saturated rings. The molecule has 0 atom stereocenters. The van der Waals surface area contributed by atoms with Crippen molar-refractivity contribution < 1.29 is 9.53 Å². The number of benzene rings is 3. The molecule has 3 aromatic carbocycles. The van der Waals surface area contributed by atoms with Gasteiger partial charge in [0, 0.05) is 21.8 Å². The van der Waals surface area contributed by atoms with Crippen LogP contribution >= 0.6 is 23.4 Å². The maximum Gasteiger partial charge on any atom is 0.264 e. The summed E-state index contributed by atoms with van der Waals surface area (Å²) in [5, 5.41) is 16.2. The van der Waals surface area contributed by atoms with E-state index in [1.165, 1.54) is 16.4 Å². The summed E-state index contributed by atoms with van der Waals surface area (Å²) < 4.78 is 7.18. The molecule has 1 heterocycles. The first kappa shape index (κ1) is 26.1. The predicted octanol–water partition coefficient (Wildman–Crippen LogP) is 5.02. The molecule has 0 aliphatic carbocycles. The number of aromatic nitrogens is 3. The SMILES string of the molecule is Cc1ccc(NC(=O)CSc2nnc(N/N=C/c3ccccc3OCc3ccccc3Cl)n2N)c(C)c1. The number of nitrogen functional groups attached to an aromatic ring is 1. The molecule has 37 heavy (non-hydrogen) atoms. The van der Waals surface area contributed by atoms with Crippen LogP contribution in [0.2, 0.25) is 5.02 Å². The van der Waals surface area contributed by atoms with E-state index in [9.17, 15) is 4.79 Å². The lowest BCUT2D eigenvalue weighted by molar-refractivity contribution is -0.113. The number of amides is 1. The number of anilines is 2. The third kappa shape index (κ3) is 7.02. The normalized spacial score (nSPS) is 11.0. The molecule has 9 nitrogen and oxygen atoms in total. The van der Waals surface area contributed by atoms with Crippen molar-refractivity contribution in [2.75, 3.05) is 22.3 Å². The molecule has 0 radical (unpaired) electrons. The number of nitrogens with one attached hydrogen (secondary N) is 2. The first-order chi connectivity index (χ1) is 17.9. The molecule has 1 amide bonds. The first-order valence-corrected chi connectivity index (χ1v) is 12.7. The Kier molecular flexibility index (Phi) is 8.65. The van der Waals surface area contributed by atoms with Gasteiger partial charge in [-0.05, 0) is 43.7 Å². The molecule has 4 N–H and O–H groups in total. The van der Waals surface area contributed by atoms with Gasteiger partial charge in [0.15, 0.2) is 0 Å². The molecule has 0 aliphatic rings. The number of thioether (sulfide) groups is 1. The Morgan fingerprint density at radius 2 is 1.92 bits per heavy atom. The highest BCUT2D eigenvalue weighted by Gasteiger charge is 2.13. The minimum atomic E-state index is -0.166. The first-order valence-electron chi connectivity index (χ1n) is 11.4. The van der Waals surface area contributed by atoms with Gasteiger partial charge in [-0.1, -0.05) is 71.4 Å². The van der Waals surface area contributed by atoms with Crippen LogP contribution in [0.5, 0.6) is 5.75 Å². The van der Waals surface area contributed by atoms with Gasteiger partial charge in [0.05, 0.1) is 12.0 Å². The van der Waals surface area contributed by atoms with Crippen molar-refractivity contribution in [3.8, 4) is 5.75 Å². The van der Waals surface area contributed by atoms with E-state index in [1.807, 2.05) is 80.6 Å². The van der Waals surface area contributed by atoms with Crippen LogP contribution in [0.25, 0.3) is 0 Å². The summed E-state index contributed by atoms with van der Waals surface area (Å²) in [5.74, 6) is 6.92. The van der Waals surface area contributed by atoms with E-state index < -0.39 is 0 Å². The summed E-state index contributed by atoms with van der Waals surface area (Å²) in [4.78, 5) is 12.4. The number of nitrogens with zero attached hydrogens (tertiary/aromatic N) is 4. The molecule has 190 valence electrons. The van der Waals surface area contributed by atoms with Crippen molar-refractivity contribution in [3.63, 3.8) is 0 Å². The zero-order valence-electron chi connectivity index (χ0n) is 20.3. The average Bonchev–Trinajstić information content (AvgIpc) is 3.24. The summed E-state index contributed by atoms with van der Waals surface area (Å²) in [5.41, 5.74) is 7.33. The minimum absolute atomic E-state index is 0.127. The highest BCUT2D eigenvalue weighted by molar-refractivity contribution is 7.99. The molecule has 11 heteroatoms. The number of ether oxygens (including phenoxy) is 1. The lowest BCUT2D eigenvalue weighted by Gasteiger charge is -2.10. The second-order valence-electron chi connectivity index (χ2n) is 8.12. The van der Waals surface area contributed by atoms with Crippen molar-refractivity contribution in [2.45, 2.75) is 25.6 Å². The number of carbonyl (C=O) groups excluding carboxylic acids is 1. The van der Waals surface area contributed by atoms with Gasteiger partial charge in [-0.2, -0.15) is 5.10 Å². The number of hydrogen-bond acceptors (Lipinski definition) is 8. The number of hydrazone groups is 1. The van der Waals surface area contributed by atoms with Crippen LogP contribution in [0, 0.1) is 13.8 Å². The number of para-hydroxylation sites is 1. The molecular formula is C26H26ClN7O2S. The van der Waals surface area contributed by atoms with E-state index in [4.69, 9.17) is 22.2 Å². The van der Waals surface area contributed by atoms with Gasteiger partial charge in [0.1, 0.15) is 12.4 Å². The standard InChI is InChI=1S/C26H26ClN7O2S/c1-17-11-12-22(18(2)13-17)30-24(35)16-37-26-33-32-25(34(26)28)31-29-14-19-7-4-6-10-23(19)36-15-20-8-3-5-9-21(20)27/h3-14H,15-16,28H2,1-2H3,(H,30,35)(H,31,32)/b29-14+. The Bertz CT molecular complexity index is 1420.